The number of rotatable bonds is 25. The van der Waals surface area contributed by atoms with Crippen molar-refractivity contribution in [2.24, 2.45) is 0 Å². The van der Waals surface area contributed by atoms with Crippen LogP contribution in [0.15, 0.2) is 11.6 Å². The van der Waals surface area contributed by atoms with Gasteiger partial charge in [-0.15, -0.1) is 0 Å². The molecule has 8 atom stereocenters. The first-order chi connectivity index (χ1) is 21.4. The van der Waals surface area contributed by atoms with E-state index < -0.39 is 6.10 Å². The second-order valence-electron chi connectivity index (χ2n) is 14.0. The lowest BCUT2D eigenvalue weighted by atomic mass is 10.00. The molecule has 2 fully saturated rings. The Balaban J connectivity index is 1.13. The molecule has 2 saturated heterocycles. The van der Waals surface area contributed by atoms with Gasteiger partial charge in [-0.3, -0.25) is 0 Å². The smallest absolute Gasteiger partial charge is 0.334 e. The van der Waals surface area contributed by atoms with Gasteiger partial charge in [0.05, 0.1) is 42.7 Å². The van der Waals surface area contributed by atoms with Crippen LogP contribution in [-0.2, 0) is 19.0 Å². The van der Waals surface area contributed by atoms with Gasteiger partial charge in [-0.1, -0.05) is 103 Å². The molecule has 0 unspecified atom stereocenters. The van der Waals surface area contributed by atoms with Gasteiger partial charge in [0.25, 0.3) is 0 Å². The molecule has 0 saturated carbocycles. The average molecular weight is 623 g/mol. The first kappa shape index (κ1) is 37.5. The van der Waals surface area contributed by atoms with E-state index in [1.165, 1.54) is 64.2 Å². The predicted molar refractivity (Wildman–Crippen MR) is 175 cm³/mol. The van der Waals surface area contributed by atoms with Gasteiger partial charge in [0.2, 0.25) is 0 Å². The Morgan fingerprint density at radius 3 is 1.57 bits per heavy atom. The summed E-state index contributed by atoms with van der Waals surface area (Å²) in [6.07, 6.45) is 25.9. The van der Waals surface area contributed by atoms with Gasteiger partial charge >= 0.3 is 5.97 Å². The summed E-state index contributed by atoms with van der Waals surface area (Å²) in [6, 6.07) is 0. The Kier molecular flexibility index (Phi) is 18.5. The van der Waals surface area contributed by atoms with Gasteiger partial charge in [-0.2, -0.15) is 0 Å². The number of cyclic esters (lactones) is 1. The molecule has 0 aliphatic carbocycles. The molecule has 256 valence electrons. The monoisotopic (exact) mass is 622 g/mol. The summed E-state index contributed by atoms with van der Waals surface area (Å²) in [7, 11) is 0. The molecule has 3 heterocycles. The Hall–Kier alpha value is -0.990. The SMILES string of the molecule is CCCCCCCCCC[C@H](O)[C@@H]1CC[C@H]([C@@H]2CC[C@H]([C@H](O)CCCCCCCCC[C@@H](O)CCC3=C[C@H](C)OC3=O)O2)O1. The molecule has 7 heteroatoms. The van der Waals surface area contributed by atoms with Crippen molar-refractivity contribution in [2.75, 3.05) is 0 Å². The van der Waals surface area contributed by atoms with Gasteiger partial charge in [0.15, 0.2) is 0 Å². The van der Waals surface area contributed by atoms with Crippen molar-refractivity contribution in [3.8, 4) is 0 Å². The van der Waals surface area contributed by atoms with Gasteiger partial charge in [-0.05, 0) is 70.8 Å². The Labute approximate surface area is 268 Å². The molecule has 0 aromatic heterocycles. The van der Waals surface area contributed by atoms with Gasteiger partial charge < -0.3 is 29.5 Å². The van der Waals surface area contributed by atoms with E-state index in [0.717, 1.165) is 77.0 Å². The van der Waals surface area contributed by atoms with Crippen LogP contribution in [-0.4, -0.2) is 70.1 Å². The molecular formula is C37H66O7. The van der Waals surface area contributed by atoms with E-state index in [4.69, 9.17) is 14.2 Å². The predicted octanol–water partition coefficient (Wildman–Crippen LogP) is 7.86. The standard InChI is InChI=1S/C37H66O7/c1-3-4-5-6-7-10-13-16-19-31(39)33-23-25-35(43-33)36-26-24-34(44-36)32(40)20-17-14-11-8-9-12-15-18-30(38)22-21-29-27-28(2)42-37(29)41/h27-28,30-36,38-40H,3-26H2,1-2H3/t28-,30+,31-,32+,33-,34+,35+,36-/m0/s1. The van der Waals surface area contributed by atoms with Crippen molar-refractivity contribution in [1.82, 2.24) is 0 Å². The Morgan fingerprint density at radius 1 is 0.659 bits per heavy atom. The maximum Gasteiger partial charge on any atom is 0.334 e. The number of hydrogen-bond donors (Lipinski definition) is 3. The zero-order valence-electron chi connectivity index (χ0n) is 28.1. The number of carbonyl (C=O) groups is 1. The zero-order valence-corrected chi connectivity index (χ0v) is 28.1. The maximum atomic E-state index is 11.7. The van der Waals surface area contributed by atoms with Crippen molar-refractivity contribution in [2.45, 2.75) is 217 Å². The molecule has 44 heavy (non-hydrogen) atoms. The van der Waals surface area contributed by atoms with E-state index in [1.54, 1.807) is 0 Å². The van der Waals surface area contributed by atoms with E-state index in [0.29, 0.717) is 18.4 Å². The van der Waals surface area contributed by atoms with E-state index >= 15 is 0 Å². The second kappa shape index (κ2) is 21.7. The first-order valence-corrected chi connectivity index (χ1v) is 18.6. The minimum Gasteiger partial charge on any atom is -0.455 e. The molecule has 3 N–H and O–H groups in total. The largest absolute Gasteiger partial charge is 0.455 e. The van der Waals surface area contributed by atoms with Crippen molar-refractivity contribution in [1.29, 1.82) is 0 Å². The number of hydrogen-bond acceptors (Lipinski definition) is 7. The lowest BCUT2D eigenvalue weighted by Crippen LogP contribution is -2.33. The summed E-state index contributed by atoms with van der Waals surface area (Å²) >= 11 is 0. The fourth-order valence-electron chi connectivity index (χ4n) is 7.25. The summed E-state index contributed by atoms with van der Waals surface area (Å²) in [5.74, 6) is -0.231. The number of aliphatic hydroxyl groups excluding tert-OH is 3. The van der Waals surface area contributed by atoms with Gasteiger partial charge in [0, 0.05) is 5.57 Å². The van der Waals surface area contributed by atoms with Crippen molar-refractivity contribution in [3.05, 3.63) is 11.6 Å². The van der Waals surface area contributed by atoms with Crippen LogP contribution in [0.1, 0.15) is 168 Å². The first-order valence-electron chi connectivity index (χ1n) is 18.6. The fourth-order valence-corrected chi connectivity index (χ4v) is 7.25. The summed E-state index contributed by atoms with van der Waals surface area (Å²) < 4.78 is 17.7. The minimum atomic E-state index is -0.406. The molecule has 0 spiro atoms. The molecule has 3 aliphatic heterocycles. The summed E-state index contributed by atoms with van der Waals surface area (Å²) in [5, 5.41) is 31.7. The highest BCUT2D eigenvalue weighted by molar-refractivity contribution is 5.90. The normalized spacial score (nSPS) is 27.4. The third kappa shape index (κ3) is 14.2. The van der Waals surface area contributed by atoms with Crippen LogP contribution in [0.5, 0.6) is 0 Å². The molecule has 0 aromatic carbocycles. The maximum absolute atomic E-state index is 11.7. The van der Waals surface area contributed by atoms with E-state index in [-0.39, 0.29) is 48.7 Å². The third-order valence-corrected chi connectivity index (χ3v) is 10.1. The fraction of sp³-hybridized carbons (Fsp3) is 0.919. The van der Waals surface area contributed by atoms with Gasteiger partial charge in [-0.25, -0.2) is 4.79 Å². The van der Waals surface area contributed by atoms with Crippen LogP contribution in [0, 0.1) is 0 Å². The van der Waals surface area contributed by atoms with Crippen LogP contribution >= 0.6 is 0 Å². The van der Waals surface area contributed by atoms with Crippen LogP contribution < -0.4 is 0 Å². The highest BCUT2D eigenvalue weighted by Gasteiger charge is 2.40. The number of ether oxygens (including phenoxy) is 3. The zero-order chi connectivity index (χ0) is 31.6. The van der Waals surface area contributed by atoms with Crippen LogP contribution in [0.25, 0.3) is 0 Å². The van der Waals surface area contributed by atoms with Crippen LogP contribution in [0.3, 0.4) is 0 Å². The number of esters is 1. The van der Waals surface area contributed by atoms with Crippen molar-refractivity contribution in [3.63, 3.8) is 0 Å². The quantitative estimate of drug-likeness (QED) is 0.0703. The molecule has 3 aliphatic rings. The van der Waals surface area contributed by atoms with Crippen LogP contribution in [0.4, 0.5) is 0 Å². The lowest BCUT2D eigenvalue weighted by Gasteiger charge is -2.24. The lowest BCUT2D eigenvalue weighted by molar-refractivity contribution is -0.139. The molecule has 0 aromatic rings. The number of aliphatic hydroxyl groups is 3. The number of unbranched alkanes of at least 4 members (excludes halogenated alkanes) is 13. The van der Waals surface area contributed by atoms with Crippen molar-refractivity contribution < 1.29 is 34.3 Å². The molecule has 0 radical (unpaired) electrons. The molecular weight excluding hydrogens is 556 g/mol. The second-order valence-corrected chi connectivity index (χ2v) is 14.0. The Bertz CT molecular complexity index is 801. The van der Waals surface area contributed by atoms with Crippen LogP contribution in [0.2, 0.25) is 0 Å². The topological polar surface area (TPSA) is 105 Å². The molecule has 3 rings (SSSR count). The van der Waals surface area contributed by atoms with Gasteiger partial charge in [0.1, 0.15) is 6.10 Å². The summed E-state index contributed by atoms with van der Waals surface area (Å²) in [6.45, 7) is 4.11. The molecule has 0 amide bonds. The third-order valence-electron chi connectivity index (χ3n) is 10.1. The molecule has 0 bridgehead atoms. The average Bonchev–Trinajstić information content (AvgIpc) is 3.76. The van der Waals surface area contributed by atoms with E-state index in [9.17, 15) is 20.1 Å². The summed E-state index contributed by atoms with van der Waals surface area (Å²) in [4.78, 5) is 11.7. The molecule has 7 nitrogen and oxygen atoms in total. The van der Waals surface area contributed by atoms with E-state index in [1.807, 2.05) is 13.0 Å². The Morgan fingerprint density at radius 2 is 1.11 bits per heavy atom. The minimum absolute atomic E-state index is 0.0495. The highest BCUT2D eigenvalue weighted by Crippen LogP contribution is 2.34. The summed E-state index contributed by atoms with van der Waals surface area (Å²) in [5.41, 5.74) is 0.706. The highest BCUT2D eigenvalue weighted by atomic mass is 16.6. The van der Waals surface area contributed by atoms with Crippen molar-refractivity contribution >= 4 is 5.97 Å². The number of carbonyl (C=O) groups excluding carboxylic acids is 1. The van der Waals surface area contributed by atoms with E-state index in [2.05, 4.69) is 6.92 Å².